The Morgan fingerprint density at radius 1 is 1.45 bits per heavy atom. The fourth-order valence-corrected chi connectivity index (χ4v) is 3.81. The molecule has 1 fully saturated rings. The largest absolute Gasteiger partial charge is 0.493 e. The van der Waals surface area contributed by atoms with E-state index < -0.39 is 5.60 Å². The van der Waals surface area contributed by atoms with Crippen LogP contribution in [0.1, 0.15) is 18.9 Å². The lowest BCUT2D eigenvalue weighted by atomic mass is 9.60. The first-order valence-corrected chi connectivity index (χ1v) is 7.45. The molecule has 0 bridgehead atoms. The molecule has 3 atom stereocenters. The summed E-state index contributed by atoms with van der Waals surface area (Å²) in [6.45, 7) is 4.72. The molecule has 0 saturated carbocycles. The van der Waals surface area contributed by atoms with Crippen LogP contribution in [0.3, 0.4) is 0 Å². The minimum absolute atomic E-state index is 0.175. The van der Waals surface area contributed by atoms with Crippen LogP contribution in [-0.2, 0) is 6.42 Å². The Kier molecular flexibility index (Phi) is 3.48. The van der Waals surface area contributed by atoms with E-state index in [4.69, 9.17) is 10.5 Å². The minimum Gasteiger partial charge on any atom is -0.493 e. The van der Waals surface area contributed by atoms with Crippen molar-refractivity contribution >= 4 is 0 Å². The van der Waals surface area contributed by atoms with Crippen molar-refractivity contribution in [1.29, 1.82) is 0 Å². The number of nitrogens with two attached hydrogens (primary N) is 1. The monoisotopic (exact) mass is 276 g/mol. The van der Waals surface area contributed by atoms with Crippen molar-refractivity contribution in [3.63, 3.8) is 0 Å². The van der Waals surface area contributed by atoms with Gasteiger partial charge < -0.3 is 20.9 Å². The lowest BCUT2D eigenvalue weighted by Gasteiger charge is -2.53. The minimum atomic E-state index is -0.763. The highest BCUT2D eigenvalue weighted by molar-refractivity contribution is 5.37. The molecule has 3 rings (SSSR count). The van der Waals surface area contributed by atoms with Gasteiger partial charge in [-0.1, -0.05) is 25.1 Å². The molecule has 1 aromatic carbocycles. The van der Waals surface area contributed by atoms with E-state index in [1.54, 1.807) is 0 Å². The molecule has 110 valence electrons. The molecular weight excluding hydrogens is 252 g/mol. The smallest absolute Gasteiger partial charge is 0.122 e. The second kappa shape index (κ2) is 5.02. The number of rotatable bonds is 2. The molecule has 20 heavy (non-hydrogen) atoms. The molecule has 0 spiro atoms. The number of hydrogen-bond acceptors (Lipinski definition) is 4. The molecule has 0 aromatic heterocycles. The van der Waals surface area contributed by atoms with E-state index in [1.165, 1.54) is 0 Å². The summed E-state index contributed by atoms with van der Waals surface area (Å²) in [5, 5.41) is 14.7. The third-order valence-corrected chi connectivity index (χ3v) is 5.26. The molecule has 4 heteroatoms. The van der Waals surface area contributed by atoms with Crippen LogP contribution in [0.4, 0.5) is 0 Å². The van der Waals surface area contributed by atoms with Crippen LogP contribution in [0.25, 0.3) is 0 Å². The van der Waals surface area contributed by atoms with Crippen LogP contribution >= 0.6 is 0 Å². The Bertz CT molecular complexity index is 493. The first kappa shape index (κ1) is 13.9. The summed E-state index contributed by atoms with van der Waals surface area (Å²) in [5.74, 6) is 1.11. The topological polar surface area (TPSA) is 67.5 Å². The van der Waals surface area contributed by atoms with Gasteiger partial charge >= 0.3 is 0 Å². The highest BCUT2D eigenvalue weighted by atomic mass is 16.5. The zero-order valence-electron chi connectivity index (χ0n) is 12.1. The van der Waals surface area contributed by atoms with Crippen molar-refractivity contribution < 1.29 is 9.84 Å². The van der Waals surface area contributed by atoms with Crippen LogP contribution < -0.4 is 15.8 Å². The summed E-state index contributed by atoms with van der Waals surface area (Å²) in [6.07, 6.45) is 1.53. The Morgan fingerprint density at radius 3 is 3.00 bits per heavy atom. The molecule has 0 amide bonds. The van der Waals surface area contributed by atoms with Crippen molar-refractivity contribution in [3.05, 3.63) is 29.8 Å². The number of hydrogen-bond donors (Lipinski definition) is 3. The summed E-state index contributed by atoms with van der Waals surface area (Å²) in [5.41, 5.74) is 6.12. The molecule has 1 aromatic rings. The zero-order chi connectivity index (χ0) is 14.2. The Labute approximate surface area is 120 Å². The van der Waals surface area contributed by atoms with Gasteiger partial charge in [0.1, 0.15) is 5.75 Å². The second-order valence-electron chi connectivity index (χ2n) is 6.34. The van der Waals surface area contributed by atoms with Gasteiger partial charge in [-0.05, 0) is 36.9 Å². The van der Waals surface area contributed by atoms with E-state index in [2.05, 4.69) is 18.3 Å². The first-order chi connectivity index (χ1) is 9.61. The number of piperidine rings is 1. The third kappa shape index (κ3) is 1.94. The van der Waals surface area contributed by atoms with Crippen molar-refractivity contribution in [1.82, 2.24) is 5.32 Å². The van der Waals surface area contributed by atoms with Crippen LogP contribution in [0.15, 0.2) is 24.3 Å². The maximum atomic E-state index is 11.3. The van der Waals surface area contributed by atoms with E-state index >= 15 is 0 Å². The van der Waals surface area contributed by atoms with Crippen molar-refractivity contribution in [3.8, 4) is 5.75 Å². The van der Waals surface area contributed by atoms with Crippen LogP contribution in [0, 0.1) is 11.3 Å². The average molecular weight is 276 g/mol. The van der Waals surface area contributed by atoms with Gasteiger partial charge in [0, 0.05) is 18.5 Å². The van der Waals surface area contributed by atoms with Crippen LogP contribution in [0.5, 0.6) is 5.75 Å². The predicted octanol–water partition coefficient (Wildman–Crippen LogP) is 0.927. The van der Waals surface area contributed by atoms with E-state index in [-0.39, 0.29) is 11.3 Å². The number of fused-ring (bicyclic) bond motifs is 1. The molecule has 3 unspecified atom stereocenters. The van der Waals surface area contributed by atoms with E-state index in [9.17, 15) is 5.11 Å². The standard InChI is InChI=1S/C16H24N2O2/c1-12-9-18-7-6-16(12,19)15(10-17)8-13-4-2-3-5-14(13)20-11-15/h2-5,12,18-19H,6-11,17H2,1H3. The maximum absolute atomic E-state index is 11.3. The highest BCUT2D eigenvalue weighted by Gasteiger charge is 2.55. The lowest BCUT2D eigenvalue weighted by molar-refractivity contribution is -0.152. The van der Waals surface area contributed by atoms with Gasteiger partial charge in [-0.3, -0.25) is 0 Å². The quantitative estimate of drug-likeness (QED) is 0.751. The van der Waals surface area contributed by atoms with Gasteiger partial charge in [0.25, 0.3) is 0 Å². The summed E-state index contributed by atoms with van der Waals surface area (Å²) >= 11 is 0. The van der Waals surface area contributed by atoms with Crippen LogP contribution in [-0.4, -0.2) is 36.9 Å². The van der Waals surface area contributed by atoms with E-state index in [1.807, 2.05) is 18.2 Å². The van der Waals surface area contributed by atoms with Gasteiger partial charge in [0.05, 0.1) is 12.2 Å². The molecule has 4 N–H and O–H groups in total. The fraction of sp³-hybridized carbons (Fsp3) is 0.625. The number of para-hydroxylation sites is 1. The molecule has 4 nitrogen and oxygen atoms in total. The van der Waals surface area contributed by atoms with E-state index in [0.717, 1.165) is 37.2 Å². The number of ether oxygens (including phenoxy) is 1. The molecule has 0 aliphatic carbocycles. The third-order valence-electron chi connectivity index (χ3n) is 5.26. The van der Waals surface area contributed by atoms with Gasteiger partial charge in [0.15, 0.2) is 0 Å². The number of nitrogens with one attached hydrogen (secondary N) is 1. The van der Waals surface area contributed by atoms with Crippen molar-refractivity contribution in [2.75, 3.05) is 26.2 Å². The summed E-state index contributed by atoms with van der Waals surface area (Å²) < 4.78 is 5.94. The SMILES string of the molecule is CC1CNCCC1(O)C1(CN)COc2ccccc2C1. The molecular formula is C16H24N2O2. The fourth-order valence-electron chi connectivity index (χ4n) is 3.81. The van der Waals surface area contributed by atoms with E-state index in [0.29, 0.717) is 13.2 Å². The Hall–Kier alpha value is -1.10. The predicted molar refractivity (Wildman–Crippen MR) is 78.7 cm³/mol. The average Bonchev–Trinajstić information content (AvgIpc) is 2.49. The van der Waals surface area contributed by atoms with Crippen molar-refractivity contribution in [2.45, 2.75) is 25.4 Å². The summed E-state index contributed by atoms with van der Waals surface area (Å²) in [4.78, 5) is 0. The number of benzene rings is 1. The Morgan fingerprint density at radius 2 is 2.25 bits per heavy atom. The maximum Gasteiger partial charge on any atom is 0.122 e. The second-order valence-corrected chi connectivity index (χ2v) is 6.34. The first-order valence-electron chi connectivity index (χ1n) is 7.45. The normalized spacial score (nSPS) is 37.0. The molecule has 0 radical (unpaired) electrons. The highest BCUT2D eigenvalue weighted by Crippen LogP contribution is 2.47. The molecule has 1 saturated heterocycles. The molecule has 2 aliphatic heterocycles. The van der Waals surface area contributed by atoms with Gasteiger partial charge in [-0.15, -0.1) is 0 Å². The zero-order valence-corrected chi connectivity index (χ0v) is 12.1. The summed E-state index contributed by atoms with van der Waals surface area (Å²) in [6, 6.07) is 8.07. The lowest BCUT2D eigenvalue weighted by Crippen LogP contribution is -2.65. The summed E-state index contributed by atoms with van der Waals surface area (Å²) in [7, 11) is 0. The van der Waals surface area contributed by atoms with Crippen molar-refractivity contribution in [2.24, 2.45) is 17.1 Å². The van der Waals surface area contributed by atoms with Gasteiger partial charge in [-0.2, -0.15) is 0 Å². The van der Waals surface area contributed by atoms with Crippen LogP contribution in [0.2, 0.25) is 0 Å². The van der Waals surface area contributed by atoms with Gasteiger partial charge in [0.2, 0.25) is 0 Å². The Balaban J connectivity index is 1.97. The molecule has 2 heterocycles. The number of aliphatic hydroxyl groups is 1. The van der Waals surface area contributed by atoms with Gasteiger partial charge in [-0.25, -0.2) is 0 Å². The molecule has 2 aliphatic rings.